The van der Waals surface area contributed by atoms with Gasteiger partial charge in [-0.2, -0.15) is 0 Å². The first-order valence-electron chi connectivity index (χ1n) is 7.88. The van der Waals surface area contributed by atoms with Gasteiger partial charge < -0.3 is 9.64 Å². The highest BCUT2D eigenvalue weighted by Gasteiger charge is 2.33. The molecule has 2 saturated heterocycles. The number of carbonyl (C=O) groups is 1. The summed E-state index contributed by atoms with van der Waals surface area (Å²) in [4.78, 5) is 19.7. The van der Waals surface area contributed by atoms with Crippen LogP contribution >= 0.6 is 24.0 Å². The van der Waals surface area contributed by atoms with Crippen molar-refractivity contribution in [3.05, 3.63) is 34.7 Å². The summed E-state index contributed by atoms with van der Waals surface area (Å²) < 4.78 is 5.98. The van der Waals surface area contributed by atoms with Gasteiger partial charge in [-0.25, -0.2) is 0 Å². The molecule has 3 rings (SSSR count). The van der Waals surface area contributed by atoms with E-state index in [1.54, 1.807) is 12.0 Å². The zero-order chi connectivity index (χ0) is 17.1. The Hall–Kier alpha value is -1.41. The van der Waals surface area contributed by atoms with E-state index in [9.17, 15) is 4.79 Å². The maximum Gasteiger partial charge on any atom is 0.267 e. The molecule has 2 heterocycles. The maximum absolute atomic E-state index is 12.7. The van der Waals surface area contributed by atoms with Crippen LogP contribution in [-0.2, 0) is 4.79 Å². The number of thioether (sulfide) groups is 1. The lowest BCUT2D eigenvalue weighted by Crippen LogP contribution is -2.49. The maximum atomic E-state index is 12.7. The van der Waals surface area contributed by atoms with Crippen LogP contribution in [0.5, 0.6) is 5.75 Å². The minimum absolute atomic E-state index is 0.0187. The molecule has 1 amide bonds. The molecule has 0 radical (unpaired) electrons. The lowest BCUT2D eigenvalue weighted by atomic mass is 10.2. The Morgan fingerprint density at radius 1 is 1.25 bits per heavy atom. The summed E-state index contributed by atoms with van der Waals surface area (Å²) in [5, 5.41) is 0. The van der Waals surface area contributed by atoms with Crippen LogP contribution in [0.15, 0.2) is 29.2 Å². The summed E-state index contributed by atoms with van der Waals surface area (Å²) in [6, 6.07) is 7.66. The number of carbonyl (C=O) groups excluding carboxylic acids is 1. The molecule has 0 unspecified atom stereocenters. The fraction of sp³-hybridized carbons (Fsp3) is 0.412. The van der Waals surface area contributed by atoms with Crippen LogP contribution in [0, 0.1) is 0 Å². The molecular formula is C17H21N3O2S2. The molecule has 5 nitrogen and oxygen atoms in total. The van der Waals surface area contributed by atoms with Crippen LogP contribution in [0.2, 0.25) is 0 Å². The Bertz CT molecular complexity index is 670. The fourth-order valence-electron chi connectivity index (χ4n) is 2.74. The van der Waals surface area contributed by atoms with Crippen molar-refractivity contribution < 1.29 is 9.53 Å². The monoisotopic (exact) mass is 363 g/mol. The Morgan fingerprint density at radius 3 is 2.67 bits per heavy atom. The summed E-state index contributed by atoms with van der Waals surface area (Å²) in [5.41, 5.74) is 0.889. The van der Waals surface area contributed by atoms with Crippen molar-refractivity contribution in [1.82, 2.24) is 14.7 Å². The van der Waals surface area contributed by atoms with Crippen molar-refractivity contribution in [2.75, 3.05) is 47.0 Å². The van der Waals surface area contributed by atoms with Crippen molar-refractivity contribution in [1.29, 1.82) is 0 Å². The average Bonchev–Trinajstić information content (AvgIpc) is 2.85. The number of para-hydroxylation sites is 1. The molecule has 0 spiro atoms. The van der Waals surface area contributed by atoms with Gasteiger partial charge in [0.1, 0.15) is 10.1 Å². The van der Waals surface area contributed by atoms with Crippen LogP contribution in [0.4, 0.5) is 0 Å². The Balaban J connectivity index is 1.73. The van der Waals surface area contributed by atoms with Gasteiger partial charge in [0, 0.05) is 31.7 Å². The summed E-state index contributed by atoms with van der Waals surface area (Å²) in [7, 11) is 3.75. The quantitative estimate of drug-likeness (QED) is 0.602. The number of thiocarbonyl (C=S) groups is 1. The molecule has 1 aromatic carbocycles. The first-order valence-corrected chi connectivity index (χ1v) is 9.10. The first-order chi connectivity index (χ1) is 11.6. The minimum Gasteiger partial charge on any atom is -0.496 e. The van der Waals surface area contributed by atoms with E-state index in [-0.39, 0.29) is 5.91 Å². The van der Waals surface area contributed by atoms with Crippen LogP contribution in [-0.4, -0.2) is 71.9 Å². The zero-order valence-corrected chi connectivity index (χ0v) is 15.5. The summed E-state index contributed by atoms with van der Waals surface area (Å²) in [6.07, 6.45) is 1.86. The van der Waals surface area contributed by atoms with Crippen molar-refractivity contribution in [3.8, 4) is 5.75 Å². The number of hydrogen-bond donors (Lipinski definition) is 0. The predicted octanol–water partition coefficient (Wildman–Crippen LogP) is 2.10. The normalized spacial score (nSPS) is 21.8. The van der Waals surface area contributed by atoms with Crippen molar-refractivity contribution in [2.24, 2.45) is 0 Å². The number of ether oxygens (including phenoxy) is 1. The second-order valence-corrected chi connectivity index (χ2v) is 7.59. The summed E-state index contributed by atoms with van der Waals surface area (Å²) in [6.45, 7) is 4.53. The summed E-state index contributed by atoms with van der Waals surface area (Å²) >= 11 is 6.78. The molecule has 128 valence electrons. The smallest absolute Gasteiger partial charge is 0.267 e. The van der Waals surface area contributed by atoms with Gasteiger partial charge in [-0.15, -0.1) is 0 Å². The number of likely N-dealkylation sites (N-methyl/N-ethyl adjacent to an activating group) is 1. The highest BCUT2D eigenvalue weighted by molar-refractivity contribution is 8.26. The second-order valence-electron chi connectivity index (χ2n) is 5.91. The number of amides is 1. The largest absolute Gasteiger partial charge is 0.496 e. The van der Waals surface area contributed by atoms with E-state index >= 15 is 0 Å². The number of benzene rings is 1. The standard InChI is InChI=1S/C17H21N3O2S2/c1-18-7-9-19(10-8-18)12-20-16(21)15(24-17(20)23)11-13-5-3-4-6-14(13)22-2/h3-6,11H,7-10,12H2,1-2H3/b15-11-. The molecular weight excluding hydrogens is 342 g/mol. The van der Waals surface area contributed by atoms with E-state index in [1.165, 1.54) is 11.8 Å². The molecule has 2 fully saturated rings. The molecule has 0 saturated carbocycles. The lowest BCUT2D eigenvalue weighted by Gasteiger charge is -2.34. The van der Waals surface area contributed by atoms with Gasteiger partial charge in [-0.1, -0.05) is 42.2 Å². The number of hydrogen-bond acceptors (Lipinski definition) is 6. The zero-order valence-electron chi connectivity index (χ0n) is 13.9. The molecule has 1 aromatic rings. The van der Waals surface area contributed by atoms with E-state index in [0.29, 0.717) is 15.9 Å². The van der Waals surface area contributed by atoms with Crippen LogP contribution in [0.3, 0.4) is 0 Å². The number of piperazine rings is 1. The van der Waals surface area contributed by atoms with Gasteiger partial charge in [0.25, 0.3) is 5.91 Å². The molecule has 0 atom stereocenters. The predicted molar refractivity (Wildman–Crippen MR) is 102 cm³/mol. The highest BCUT2D eigenvalue weighted by Crippen LogP contribution is 2.34. The van der Waals surface area contributed by atoms with Gasteiger partial charge >= 0.3 is 0 Å². The Morgan fingerprint density at radius 2 is 1.96 bits per heavy atom. The number of methoxy groups -OCH3 is 1. The van der Waals surface area contributed by atoms with Gasteiger partial charge in [0.05, 0.1) is 18.7 Å². The molecule has 2 aliphatic rings. The third-order valence-electron chi connectivity index (χ3n) is 4.24. The van der Waals surface area contributed by atoms with E-state index in [0.717, 1.165) is 37.5 Å². The van der Waals surface area contributed by atoms with Gasteiger partial charge in [0.2, 0.25) is 0 Å². The van der Waals surface area contributed by atoms with Gasteiger partial charge in [-0.3, -0.25) is 14.6 Å². The molecule has 7 heteroatoms. The third-order valence-corrected chi connectivity index (χ3v) is 5.61. The molecule has 0 bridgehead atoms. The molecule has 0 N–H and O–H groups in total. The van der Waals surface area contributed by atoms with Crippen molar-refractivity contribution in [2.45, 2.75) is 0 Å². The Kier molecular flexibility index (Phi) is 5.55. The lowest BCUT2D eigenvalue weighted by molar-refractivity contribution is -0.123. The molecule has 0 aromatic heterocycles. The van der Waals surface area contributed by atoms with Crippen LogP contribution in [0.1, 0.15) is 5.56 Å². The minimum atomic E-state index is -0.0187. The van der Waals surface area contributed by atoms with Gasteiger partial charge in [0.15, 0.2) is 0 Å². The second kappa shape index (κ2) is 7.65. The van der Waals surface area contributed by atoms with Crippen LogP contribution < -0.4 is 4.74 Å². The summed E-state index contributed by atoms with van der Waals surface area (Å²) in [5.74, 6) is 0.733. The molecule has 0 aliphatic carbocycles. The third kappa shape index (κ3) is 3.80. The van der Waals surface area contributed by atoms with E-state index in [1.807, 2.05) is 30.3 Å². The van der Waals surface area contributed by atoms with E-state index in [2.05, 4.69) is 16.8 Å². The fourth-order valence-corrected chi connectivity index (χ4v) is 3.97. The average molecular weight is 364 g/mol. The van der Waals surface area contributed by atoms with Gasteiger partial charge in [-0.05, 0) is 19.2 Å². The molecule has 24 heavy (non-hydrogen) atoms. The van der Waals surface area contributed by atoms with Crippen molar-refractivity contribution >= 4 is 40.3 Å². The topological polar surface area (TPSA) is 36.0 Å². The Labute approximate surface area is 152 Å². The van der Waals surface area contributed by atoms with E-state index < -0.39 is 0 Å². The van der Waals surface area contributed by atoms with Crippen molar-refractivity contribution in [3.63, 3.8) is 0 Å². The highest BCUT2D eigenvalue weighted by atomic mass is 32.2. The molecule has 2 aliphatic heterocycles. The first kappa shape index (κ1) is 17.4. The number of nitrogens with zero attached hydrogens (tertiary/aromatic N) is 3. The van der Waals surface area contributed by atoms with Crippen LogP contribution in [0.25, 0.3) is 6.08 Å². The SMILES string of the molecule is COc1ccccc1/C=C1\SC(=S)N(CN2CCN(C)CC2)C1=O. The van der Waals surface area contributed by atoms with E-state index in [4.69, 9.17) is 17.0 Å². The number of rotatable bonds is 4.